The third kappa shape index (κ3) is 24.9. The third-order valence-electron chi connectivity index (χ3n) is 1.16. The van der Waals surface area contributed by atoms with Crippen LogP contribution in [0.1, 0.15) is 26.2 Å². The molecule has 0 radical (unpaired) electrons. The minimum absolute atomic E-state index is 0.222. The van der Waals surface area contributed by atoms with E-state index < -0.39 is 5.97 Å². The molecule has 0 fully saturated rings. The fourth-order valence-corrected chi connectivity index (χ4v) is 2.51. The highest BCUT2D eigenvalue weighted by Gasteiger charge is 1.89. The van der Waals surface area contributed by atoms with E-state index in [2.05, 4.69) is 0 Å². The van der Waals surface area contributed by atoms with E-state index in [0.717, 1.165) is 24.3 Å². The van der Waals surface area contributed by atoms with Gasteiger partial charge >= 0.3 is 5.97 Å². The fraction of sp³-hybridized carbons (Fsp3) is 0.889. The normalized spacial score (nSPS) is 9.27. The van der Waals surface area contributed by atoms with Crippen molar-refractivity contribution in [2.45, 2.75) is 26.2 Å². The molecule has 3 N–H and O–H groups in total. The second-order valence-electron chi connectivity index (χ2n) is 2.55. The maximum atomic E-state index is 9.37. The van der Waals surface area contributed by atoms with Crippen LogP contribution in [0.15, 0.2) is 0 Å². The molecule has 15 heavy (non-hydrogen) atoms. The standard InChI is InChI=1S/C6H14O2S2.C3H6O2/c7-3-1-5-9-10-6-2-4-8;1-2-3(4)5/h7-8H,1-6H2;2H2,1H3,(H,4,5). The number of carboxylic acids is 1. The Hall–Kier alpha value is 0.0900. The zero-order chi connectivity index (χ0) is 11.9. The fourth-order valence-electron chi connectivity index (χ4n) is 0.365. The van der Waals surface area contributed by atoms with E-state index >= 15 is 0 Å². The number of aliphatic hydroxyl groups is 2. The van der Waals surface area contributed by atoms with E-state index in [0.29, 0.717) is 0 Å². The molecular weight excluding hydrogens is 236 g/mol. The highest BCUT2D eigenvalue weighted by molar-refractivity contribution is 8.76. The molecule has 0 aromatic rings. The Morgan fingerprint density at radius 2 is 1.40 bits per heavy atom. The van der Waals surface area contributed by atoms with Gasteiger partial charge in [-0.25, -0.2) is 0 Å². The molecule has 0 aliphatic carbocycles. The number of hydrogen-bond donors (Lipinski definition) is 3. The van der Waals surface area contributed by atoms with Crippen molar-refractivity contribution in [2.75, 3.05) is 24.7 Å². The molecule has 0 saturated carbocycles. The first-order valence-corrected chi connectivity index (χ1v) is 7.35. The number of hydrogen-bond acceptors (Lipinski definition) is 5. The van der Waals surface area contributed by atoms with E-state index in [1.807, 2.05) is 0 Å². The van der Waals surface area contributed by atoms with Crippen LogP contribution in [-0.2, 0) is 4.79 Å². The van der Waals surface area contributed by atoms with Gasteiger partial charge in [0.1, 0.15) is 0 Å². The largest absolute Gasteiger partial charge is 0.481 e. The predicted octanol–water partition coefficient (Wildman–Crippen LogP) is 1.61. The third-order valence-corrected chi connectivity index (χ3v) is 3.73. The monoisotopic (exact) mass is 256 g/mol. The molecular formula is C9H20O4S2. The number of rotatable bonds is 8. The molecule has 0 saturated heterocycles. The average molecular weight is 256 g/mol. The first-order chi connectivity index (χ1) is 7.18. The zero-order valence-corrected chi connectivity index (χ0v) is 10.6. The molecule has 0 spiro atoms. The summed E-state index contributed by atoms with van der Waals surface area (Å²) in [5, 5.41) is 24.5. The van der Waals surface area contributed by atoms with Gasteiger partial charge in [-0.2, -0.15) is 0 Å². The molecule has 0 aromatic heterocycles. The van der Waals surface area contributed by atoms with Crippen molar-refractivity contribution in [1.29, 1.82) is 0 Å². The maximum absolute atomic E-state index is 9.37. The van der Waals surface area contributed by atoms with Gasteiger partial charge in [-0.3, -0.25) is 4.79 Å². The van der Waals surface area contributed by atoms with Gasteiger partial charge in [-0.1, -0.05) is 28.5 Å². The predicted molar refractivity (Wildman–Crippen MR) is 66.2 cm³/mol. The molecule has 0 unspecified atom stereocenters. The summed E-state index contributed by atoms with van der Waals surface area (Å²) < 4.78 is 0. The molecule has 0 bridgehead atoms. The van der Waals surface area contributed by atoms with Gasteiger partial charge in [0.25, 0.3) is 0 Å². The maximum Gasteiger partial charge on any atom is 0.303 e. The Morgan fingerprint density at radius 3 is 1.60 bits per heavy atom. The number of aliphatic hydroxyl groups excluding tert-OH is 2. The summed E-state index contributed by atoms with van der Waals surface area (Å²) in [5.74, 6) is 1.27. The average Bonchev–Trinajstić information content (AvgIpc) is 2.24. The molecule has 0 aromatic carbocycles. The van der Waals surface area contributed by atoms with Crippen LogP contribution in [0.4, 0.5) is 0 Å². The van der Waals surface area contributed by atoms with Crippen molar-refractivity contribution in [3.05, 3.63) is 0 Å². The quantitative estimate of drug-likeness (QED) is 0.452. The van der Waals surface area contributed by atoms with Crippen molar-refractivity contribution >= 4 is 27.6 Å². The summed E-state index contributed by atoms with van der Waals surface area (Å²) in [6.07, 6.45) is 1.97. The Kier molecular flexibility index (Phi) is 19.3. The van der Waals surface area contributed by atoms with Gasteiger partial charge in [-0.05, 0) is 12.8 Å². The molecule has 0 rings (SSSR count). The van der Waals surface area contributed by atoms with Crippen LogP contribution in [-0.4, -0.2) is 46.0 Å². The summed E-state index contributed by atoms with van der Waals surface area (Å²) >= 11 is 0. The topological polar surface area (TPSA) is 77.8 Å². The summed E-state index contributed by atoms with van der Waals surface area (Å²) in [4.78, 5) is 9.37. The van der Waals surface area contributed by atoms with E-state index in [1.165, 1.54) is 0 Å². The van der Waals surface area contributed by atoms with Crippen LogP contribution < -0.4 is 0 Å². The molecule has 0 aliphatic heterocycles. The molecule has 0 heterocycles. The number of carboxylic acid groups (broad SMARTS) is 1. The van der Waals surface area contributed by atoms with Crippen LogP contribution >= 0.6 is 21.6 Å². The Bertz CT molecular complexity index is 125. The smallest absolute Gasteiger partial charge is 0.303 e. The molecule has 6 heteroatoms. The lowest BCUT2D eigenvalue weighted by molar-refractivity contribution is -0.136. The summed E-state index contributed by atoms with van der Waals surface area (Å²) in [6, 6.07) is 0. The summed E-state index contributed by atoms with van der Waals surface area (Å²) in [7, 11) is 3.53. The Labute approximate surface area is 98.9 Å². The van der Waals surface area contributed by atoms with Crippen molar-refractivity contribution in [2.24, 2.45) is 0 Å². The van der Waals surface area contributed by atoms with Gasteiger partial charge in [0.2, 0.25) is 0 Å². The van der Waals surface area contributed by atoms with Crippen LogP contribution in [0.3, 0.4) is 0 Å². The second-order valence-corrected chi connectivity index (χ2v) is 5.25. The molecule has 92 valence electrons. The van der Waals surface area contributed by atoms with Crippen LogP contribution in [0.25, 0.3) is 0 Å². The Morgan fingerprint density at radius 1 is 1.07 bits per heavy atom. The van der Waals surface area contributed by atoms with Crippen LogP contribution in [0, 0.1) is 0 Å². The number of carbonyl (C=O) groups is 1. The van der Waals surface area contributed by atoms with Crippen molar-refractivity contribution in [3.63, 3.8) is 0 Å². The second kappa shape index (κ2) is 16.5. The Balaban J connectivity index is 0. The van der Waals surface area contributed by atoms with E-state index in [1.54, 1.807) is 28.5 Å². The number of aliphatic carboxylic acids is 1. The zero-order valence-electron chi connectivity index (χ0n) is 9.02. The van der Waals surface area contributed by atoms with Crippen molar-refractivity contribution in [3.8, 4) is 0 Å². The van der Waals surface area contributed by atoms with E-state index in [-0.39, 0.29) is 19.6 Å². The van der Waals surface area contributed by atoms with Gasteiger partial charge in [-0.15, -0.1) is 0 Å². The minimum Gasteiger partial charge on any atom is -0.481 e. The lowest BCUT2D eigenvalue weighted by Gasteiger charge is -1.96. The molecule has 0 aliphatic rings. The molecule has 4 nitrogen and oxygen atoms in total. The van der Waals surface area contributed by atoms with Gasteiger partial charge in [0, 0.05) is 31.1 Å². The highest BCUT2D eigenvalue weighted by Crippen LogP contribution is 2.21. The van der Waals surface area contributed by atoms with Gasteiger partial charge < -0.3 is 15.3 Å². The van der Waals surface area contributed by atoms with Gasteiger partial charge in [0.15, 0.2) is 0 Å². The van der Waals surface area contributed by atoms with Crippen molar-refractivity contribution in [1.82, 2.24) is 0 Å². The van der Waals surface area contributed by atoms with Gasteiger partial charge in [0.05, 0.1) is 0 Å². The van der Waals surface area contributed by atoms with Crippen molar-refractivity contribution < 1.29 is 20.1 Å². The highest BCUT2D eigenvalue weighted by atomic mass is 33.1. The van der Waals surface area contributed by atoms with E-state index in [9.17, 15) is 4.79 Å². The van der Waals surface area contributed by atoms with E-state index in [4.69, 9.17) is 15.3 Å². The first-order valence-electron chi connectivity index (χ1n) is 4.86. The summed E-state index contributed by atoms with van der Waals surface area (Å²) in [5.41, 5.74) is 0. The lowest BCUT2D eigenvalue weighted by Crippen LogP contribution is -1.86. The molecule has 0 amide bonds. The summed E-state index contributed by atoms with van der Waals surface area (Å²) in [6.45, 7) is 2.17. The SMILES string of the molecule is CCC(=O)O.OCCCSSCCCO. The van der Waals surface area contributed by atoms with Crippen LogP contribution in [0.5, 0.6) is 0 Å². The first kappa shape index (κ1) is 17.5. The molecule has 0 atom stereocenters. The lowest BCUT2D eigenvalue weighted by atomic mass is 10.5. The van der Waals surface area contributed by atoms with Crippen LogP contribution in [0.2, 0.25) is 0 Å². The minimum atomic E-state index is -0.745.